The number of nitrogens with zero attached hydrogens (tertiary/aromatic N) is 4. The van der Waals surface area contributed by atoms with Gasteiger partial charge in [0.1, 0.15) is 11.1 Å². The largest absolute Gasteiger partial charge is 0.345 e. The number of amides is 2. The molecule has 10 nitrogen and oxygen atoms in total. The highest BCUT2D eigenvalue weighted by Gasteiger charge is 2.24. The molecule has 0 unspecified atom stereocenters. The molecule has 0 heterocycles. The summed E-state index contributed by atoms with van der Waals surface area (Å²) in [6.07, 6.45) is 0. The minimum Gasteiger partial charge on any atom is -0.345 e. The number of nitro benzene ring substituents is 2. The molecule has 2 amide bonds. The maximum Gasteiger partial charge on any atom is 0.282 e. The molecule has 30 heavy (non-hydrogen) atoms. The molecule has 0 spiro atoms. The lowest BCUT2D eigenvalue weighted by Crippen LogP contribution is -2.22. The van der Waals surface area contributed by atoms with E-state index in [9.17, 15) is 29.8 Å². The zero-order valence-corrected chi connectivity index (χ0v) is 18.2. The van der Waals surface area contributed by atoms with Crippen LogP contribution in [0.4, 0.5) is 11.4 Å². The Hall–Kier alpha value is -3.12. The van der Waals surface area contributed by atoms with E-state index in [2.05, 4.69) is 0 Å². The highest BCUT2D eigenvalue weighted by Crippen LogP contribution is 2.40. The fourth-order valence-corrected chi connectivity index (χ4v) is 4.34. The third-order valence-electron chi connectivity index (χ3n) is 3.84. The highest BCUT2D eigenvalue weighted by atomic mass is 33.1. The highest BCUT2D eigenvalue weighted by molar-refractivity contribution is 8.76. The van der Waals surface area contributed by atoms with Gasteiger partial charge >= 0.3 is 0 Å². The molecule has 0 radical (unpaired) electrons. The zero-order chi connectivity index (χ0) is 22.6. The molecule has 2 aromatic rings. The summed E-state index contributed by atoms with van der Waals surface area (Å²) < 4.78 is 0. The van der Waals surface area contributed by atoms with E-state index >= 15 is 0 Å². The van der Waals surface area contributed by atoms with Crippen molar-refractivity contribution in [2.75, 3.05) is 28.2 Å². The second kappa shape index (κ2) is 9.59. The van der Waals surface area contributed by atoms with Gasteiger partial charge in [0.2, 0.25) is 0 Å². The Balaban J connectivity index is 2.33. The molecule has 12 heteroatoms. The van der Waals surface area contributed by atoms with Gasteiger partial charge in [0, 0.05) is 50.1 Å². The van der Waals surface area contributed by atoms with Gasteiger partial charge in [0.25, 0.3) is 23.2 Å². The Morgan fingerprint density at radius 1 is 0.733 bits per heavy atom. The Bertz CT molecular complexity index is 944. The van der Waals surface area contributed by atoms with Gasteiger partial charge in [-0.2, -0.15) is 0 Å². The number of nitro groups is 2. The number of rotatable bonds is 7. The molecule has 0 aromatic heterocycles. The van der Waals surface area contributed by atoms with Crippen LogP contribution in [-0.2, 0) is 0 Å². The van der Waals surface area contributed by atoms with Crippen LogP contribution < -0.4 is 0 Å². The Kier molecular flexibility index (Phi) is 7.40. The van der Waals surface area contributed by atoms with Crippen LogP contribution >= 0.6 is 21.6 Å². The molecule has 2 aromatic carbocycles. The Morgan fingerprint density at radius 2 is 1.07 bits per heavy atom. The quantitative estimate of drug-likeness (QED) is 0.355. The lowest BCUT2D eigenvalue weighted by molar-refractivity contribution is -0.385. The number of hydrogen-bond acceptors (Lipinski definition) is 8. The SMILES string of the molecule is CN(C)C(=O)c1cc(SSc2ccc([N+](=O)[O-])c(C(=O)N(C)C)c2)ccc1[N+](=O)[O-]. The summed E-state index contributed by atoms with van der Waals surface area (Å²) in [5, 5.41) is 22.4. The monoisotopic (exact) mass is 450 g/mol. The Morgan fingerprint density at radius 3 is 1.33 bits per heavy atom. The summed E-state index contributed by atoms with van der Waals surface area (Å²) in [6, 6.07) is 8.40. The van der Waals surface area contributed by atoms with Gasteiger partial charge in [0.15, 0.2) is 0 Å². The zero-order valence-electron chi connectivity index (χ0n) is 16.5. The van der Waals surface area contributed by atoms with Crippen LogP contribution in [0.2, 0.25) is 0 Å². The van der Waals surface area contributed by atoms with Gasteiger partial charge < -0.3 is 9.80 Å². The number of benzene rings is 2. The van der Waals surface area contributed by atoms with E-state index in [-0.39, 0.29) is 22.5 Å². The van der Waals surface area contributed by atoms with E-state index in [1.165, 1.54) is 96.0 Å². The van der Waals surface area contributed by atoms with Crippen LogP contribution in [0.3, 0.4) is 0 Å². The lowest BCUT2D eigenvalue weighted by atomic mass is 10.1. The molecular formula is C18H18N4O6S2. The van der Waals surface area contributed by atoms with Crippen LogP contribution in [0.15, 0.2) is 46.2 Å². The average molecular weight is 450 g/mol. The van der Waals surface area contributed by atoms with Crippen LogP contribution in [0.25, 0.3) is 0 Å². The van der Waals surface area contributed by atoms with Crippen molar-refractivity contribution in [1.82, 2.24) is 9.80 Å². The summed E-state index contributed by atoms with van der Waals surface area (Å²) in [5.41, 5.74) is -0.667. The molecule has 0 aliphatic carbocycles. The molecule has 0 saturated carbocycles. The normalized spacial score (nSPS) is 10.4. The first-order valence-corrected chi connectivity index (χ1v) is 10.5. The minimum absolute atomic E-state index is 0.0391. The predicted molar refractivity (Wildman–Crippen MR) is 114 cm³/mol. The first-order valence-electron chi connectivity index (χ1n) is 8.37. The first-order chi connectivity index (χ1) is 14.0. The third-order valence-corrected chi connectivity index (χ3v) is 6.22. The van der Waals surface area contributed by atoms with Crippen molar-refractivity contribution in [3.63, 3.8) is 0 Å². The van der Waals surface area contributed by atoms with Gasteiger partial charge in [-0.25, -0.2) is 0 Å². The van der Waals surface area contributed by atoms with Crippen molar-refractivity contribution in [3.05, 3.63) is 67.8 Å². The number of carbonyl (C=O) groups excluding carboxylic acids is 2. The van der Waals surface area contributed by atoms with Gasteiger partial charge in [0.05, 0.1) is 9.85 Å². The Labute approximate surface area is 179 Å². The summed E-state index contributed by atoms with van der Waals surface area (Å²) in [7, 11) is 8.42. The smallest absolute Gasteiger partial charge is 0.282 e. The maximum absolute atomic E-state index is 12.3. The molecular weight excluding hydrogens is 432 g/mol. The third kappa shape index (κ3) is 5.27. The van der Waals surface area contributed by atoms with Crippen LogP contribution in [0.5, 0.6) is 0 Å². The van der Waals surface area contributed by atoms with E-state index in [0.29, 0.717) is 9.79 Å². The molecule has 0 aliphatic rings. The molecule has 2 rings (SSSR count). The summed E-state index contributed by atoms with van der Waals surface area (Å²) in [5.74, 6) is -0.994. The van der Waals surface area contributed by atoms with Crippen molar-refractivity contribution in [2.45, 2.75) is 9.79 Å². The average Bonchev–Trinajstić information content (AvgIpc) is 2.70. The molecule has 0 saturated heterocycles. The van der Waals surface area contributed by atoms with E-state index in [4.69, 9.17) is 0 Å². The second-order valence-corrected chi connectivity index (χ2v) is 8.71. The van der Waals surface area contributed by atoms with Crippen molar-refractivity contribution >= 4 is 44.8 Å². The van der Waals surface area contributed by atoms with Crippen molar-refractivity contribution < 1.29 is 19.4 Å². The summed E-state index contributed by atoms with van der Waals surface area (Å²) >= 11 is 0. The van der Waals surface area contributed by atoms with Crippen LogP contribution in [0.1, 0.15) is 20.7 Å². The molecule has 0 N–H and O–H groups in total. The van der Waals surface area contributed by atoms with Gasteiger partial charge in [-0.05, 0) is 24.3 Å². The summed E-state index contributed by atoms with van der Waals surface area (Å²) in [4.78, 5) is 49.4. The van der Waals surface area contributed by atoms with E-state index in [1.807, 2.05) is 0 Å². The number of carbonyl (C=O) groups is 2. The predicted octanol–water partition coefficient (Wildman–Crippen LogP) is 3.71. The van der Waals surface area contributed by atoms with Crippen molar-refractivity contribution in [1.29, 1.82) is 0 Å². The van der Waals surface area contributed by atoms with Crippen molar-refractivity contribution in [2.24, 2.45) is 0 Å². The molecule has 0 fully saturated rings. The van der Waals surface area contributed by atoms with Crippen molar-refractivity contribution in [3.8, 4) is 0 Å². The lowest BCUT2D eigenvalue weighted by Gasteiger charge is -2.12. The second-order valence-electron chi connectivity index (χ2n) is 6.44. The topological polar surface area (TPSA) is 127 Å². The van der Waals surface area contributed by atoms with Crippen LogP contribution in [-0.4, -0.2) is 59.7 Å². The van der Waals surface area contributed by atoms with E-state index in [1.54, 1.807) is 0 Å². The van der Waals surface area contributed by atoms with Crippen LogP contribution in [0, 0.1) is 20.2 Å². The molecule has 0 bridgehead atoms. The van der Waals surface area contributed by atoms with E-state index in [0.717, 1.165) is 0 Å². The molecule has 0 aliphatic heterocycles. The summed E-state index contributed by atoms with van der Waals surface area (Å²) in [6.45, 7) is 0. The molecule has 0 atom stereocenters. The standard InChI is InChI=1S/C18H18N4O6S2/c1-19(2)17(23)13-9-11(5-7-15(13)21(25)26)29-30-12-6-8-16(22(27)28)14(10-12)18(24)20(3)4/h5-10H,1-4H3. The molecule has 158 valence electrons. The van der Waals surface area contributed by atoms with Gasteiger partial charge in [-0.1, -0.05) is 21.6 Å². The first kappa shape index (κ1) is 23.2. The fourth-order valence-electron chi connectivity index (χ4n) is 2.37. The number of hydrogen-bond donors (Lipinski definition) is 0. The van der Waals surface area contributed by atoms with Gasteiger partial charge in [-0.3, -0.25) is 29.8 Å². The maximum atomic E-state index is 12.3. The van der Waals surface area contributed by atoms with E-state index < -0.39 is 21.7 Å². The van der Waals surface area contributed by atoms with Gasteiger partial charge in [-0.15, -0.1) is 0 Å². The fraction of sp³-hybridized carbons (Fsp3) is 0.222. The minimum atomic E-state index is -0.617.